The second kappa shape index (κ2) is 6.72. The number of anilines is 2. The second-order valence-corrected chi connectivity index (χ2v) is 4.38. The van der Waals surface area contributed by atoms with Crippen LogP contribution in [-0.4, -0.2) is 26.1 Å². The van der Waals surface area contributed by atoms with Crippen molar-refractivity contribution in [2.45, 2.75) is 32.7 Å². The minimum absolute atomic E-state index is 0.521. The van der Waals surface area contributed by atoms with Gasteiger partial charge < -0.3 is 15.6 Å². The summed E-state index contributed by atoms with van der Waals surface area (Å²) in [6.07, 6.45) is 8.58. The fourth-order valence-corrected chi connectivity index (χ4v) is 1.82. The van der Waals surface area contributed by atoms with Crippen LogP contribution in [0.15, 0.2) is 24.8 Å². The van der Waals surface area contributed by atoms with E-state index in [1.807, 2.05) is 19.4 Å². The quantitative estimate of drug-likeness (QED) is 0.741. The van der Waals surface area contributed by atoms with Gasteiger partial charge >= 0.3 is 0 Å². The molecule has 3 N–H and O–H groups in total. The molecule has 0 aliphatic heterocycles. The molecular formula is C13H20N6. The van der Waals surface area contributed by atoms with E-state index in [4.69, 9.17) is 5.73 Å². The third-order valence-corrected chi connectivity index (χ3v) is 2.82. The van der Waals surface area contributed by atoms with Crippen molar-refractivity contribution in [3.05, 3.63) is 30.6 Å². The molecule has 102 valence electrons. The number of nitrogens with zero attached hydrogens (tertiary/aromatic N) is 4. The number of hydrogen-bond acceptors (Lipinski definition) is 5. The van der Waals surface area contributed by atoms with Crippen molar-refractivity contribution in [2.75, 3.05) is 17.6 Å². The molecule has 0 atom stereocenters. The van der Waals surface area contributed by atoms with Gasteiger partial charge in [0.1, 0.15) is 17.5 Å². The summed E-state index contributed by atoms with van der Waals surface area (Å²) in [5, 5.41) is 3.28. The van der Waals surface area contributed by atoms with Gasteiger partial charge in [0.15, 0.2) is 0 Å². The third kappa shape index (κ3) is 4.24. The summed E-state index contributed by atoms with van der Waals surface area (Å²) in [4.78, 5) is 12.5. The molecule has 0 spiro atoms. The normalized spacial score (nSPS) is 10.6. The predicted octanol–water partition coefficient (Wildman–Crippen LogP) is 1.71. The Kier molecular flexibility index (Phi) is 4.72. The number of aryl methyl sites for hydroxylation is 2. The first kappa shape index (κ1) is 13.3. The highest BCUT2D eigenvalue weighted by molar-refractivity contribution is 5.44. The van der Waals surface area contributed by atoms with E-state index in [1.165, 1.54) is 0 Å². The Morgan fingerprint density at radius 1 is 1.32 bits per heavy atom. The molecule has 2 aromatic rings. The van der Waals surface area contributed by atoms with Gasteiger partial charge in [0, 0.05) is 38.0 Å². The van der Waals surface area contributed by atoms with Crippen molar-refractivity contribution >= 4 is 11.6 Å². The van der Waals surface area contributed by atoms with E-state index in [2.05, 4.69) is 24.8 Å². The molecule has 0 saturated heterocycles. The van der Waals surface area contributed by atoms with Crippen molar-refractivity contribution in [2.24, 2.45) is 0 Å². The van der Waals surface area contributed by atoms with E-state index in [0.29, 0.717) is 5.82 Å². The van der Waals surface area contributed by atoms with Crippen molar-refractivity contribution in [3.63, 3.8) is 0 Å². The summed E-state index contributed by atoms with van der Waals surface area (Å²) in [5.74, 6) is 2.11. The third-order valence-electron chi connectivity index (χ3n) is 2.82. The van der Waals surface area contributed by atoms with E-state index in [-0.39, 0.29) is 0 Å². The van der Waals surface area contributed by atoms with Crippen LogP contribution in [0.25, 0.3) is 0 Å². The first-order valence-electron chi connectivity index (χ1n) is 6.61. The van der Waals surface area contributed by atoms with Gasteiger partial charge in [0.2, 0.25) is 0 Å². The number of aromatic nitrogens is 4. The van der Waals surface area contributed by atoms with Gasteiger partial charge in [-0.1, -0.05) is 6.92 Å². The molecule has 0 aliphatic rings. The number of nitrogen functional groups attached to an aromatic ring is 1. The highest BCUT2D eigenvalue weighted by Crippen LogP contribution is 2.09. The maximum Gasteiger partial charge on any atom is 0.132 e. The summed E-state index contributed by atoms with van der Waals surface area (Å²) in [7, 11) is 0. The van der Waals surface area contributed by atoms with Crippen LogP contribution in [0.2, 0.25) is 0 Å². The minimum Gasteiger partial charge on any atom is -0.384 e. The van der Waals surface area contributed by atoms with Crippen LogP contribution in [0.3, 0.4) is 0 Å². The van der Waals surface area contributed by atoms with Crippen LogP contribution >= 0.6 is 0 Å². The van der Waals surface area contributed by atoms with Crippen molar-refractivity contribution in [1.82, 2.24) is 19.5 Å². The topological polar surface area (TPSA) is 81.6 Å². The molecule has 0 aliphatic carbocycles. The number of hydrogen-bond donors (Lipinski definition) is 2. The van der Waals surface area contributed by atoms with E-state index >= 15 is 0 Å². The molecule has 0 aromatic carbocycles. The van der Waals surface area contributed by atoms with E-state index in [0.717, 1.165) is 44.0 Å². The summed E-state index contributed by atoms with van der Waals surface area (Å²) in [6, 6.07) is 1.77. The molecule has 2 rings (SSSR count). The van der Waals surface area contributed by atoms with Gasteiger partial charge in [-0.05, 0) is 12.8 Å². The Labute approximate surface area is 113 Å². The Bertz CT molecular complexity index is 494. The van der Waals surface area contributed by atoms with Crippen LogP contribution in [0.5, 0.6) is 0 Å². The second-order valence-electron chi connectivity index (χ2n) is 4.38. The van der Waals surface area contributed by atoms with Crippen molar-refractivity contribution in [1.29, 1.82) is 0 Å². The maximum atomic E-state index is 5.73. The lowest BCUT2D eigenvalue weighted by molar-refractivity contribution is 0.620. The van der Waals surface area contributed by atoms with Crippen molar-refractivity contribution in [3.8, 4) is 0 Å². The first-order valence-corrected chi connectivity index (χ1v) is 6.61. The number of unbranched alkanes of at least 4 members (excludes halogenated alkanes) is 1. The smallest absolute Gasteiger partial charge is 0.132 e. The first-order chi connectivity index (χ1) is 9.28. The zero-order valence-electron chi connectivity index (χ0n) is 11.2. The molecule has 2 heterocycles. The van der Waals surface area contributed by atoms with Crippen molar-refractivity contribution < 1.29 is 0 Å². The monoisotopic (exact) mass is 260 g/mol. The molecule has 0 saturated carbocycles. The Morgan fingerprint density at radius 2 is 2.21 bits per heavy atom. The van der Waals surface area contributed by atoms with E-state index in [9.17, 15) is 0 Å². The number of rotatable bonds is 7. The summed E-state index contributed by atoms with van der Waals surface area (Å²) >= 11 is 0. The highest BCUT2D eigenvalue weighted by atomic mass is 15.0. The number of imidazole rings is 1. The van der Waals surface area contributed by atoms with E-state index < -0.39 is 0 Å². The molecule has 0 unspecified atom stereocenters. The summed E-state index contributed by atoms with van der Waals surface area (Å²) in [5.41, 5.74) is 5.73. The predicted molar refractivity (Wildman–Crippen MR) is 75.8 cm³/mol. The Balaban J connectivity index is 1.72. The fourth-order valence-electron chi connectivity index (χ4n) is 1.82. The van der Waals surface area contributed by atoms with Crippen LogP contribution in [-0.2, 0) is 13.0 Å². The van der Waals surface area contributed by atoms with Gasteiger partial charge in [-0.25, -0.2) is 15.0 Å². The Morgan fingerprint density at radius 3 is 2.95 bits per heavy atom. The zero-order chi connectivity index (χ0) is 13.5. The van der Waals surface area contributed by atoms with Gasteiger partial charge in [0.25, 0.3) is 0 Å². The van der Waals surface area contributed by atoms with Gasteiger partial charge in [-0.15, -0.1) is 0 Å². The summed E-state index contributed by atoms with van der Waals surface area (Å²) in [6.45, 7) is 3.89. The molecule has 0 radical (unpaired) electrons. The van der Waals surface area contributed by atoms with Gasteiger partial charge in [-0.3, -0.25) is 0 Å². The van der Waals surface area contributed by atoms with Crippen LogP contribution in [0, 0.1) is 0 Å². The Hall–Kier alpha value is -2.11. The molecule has 6 nitrogen and oxygen atoms in total. The standard InChI is InChI=1S/C13H20N6/c1-2-12-17-11(14)9-13(18-12)16-5-3-4-7-19-8-6-15-10-19/h6,8-10H,2-5,7H2,1H3,(H3,14,16,17,18). The molecule has 6 heteroatoms. The number of nitrogens with one attached hydrogen (secondary N) is 1. The molecule has 0 bridgehead atoms. The highest BCUT2D eigenvalue weighted by Gasteiger charge is 2.00. The van der Waals surface area contributed by atoms with Gasteiger partial charge in [0.05, 0.1) is 6.33 Å². The SMILES string of the molecule is CCc1nc(N)cc(NCCCCn2ccnc2)n1. The largest absolute Gasteiger partial charge is 0.384 e. The average Bonchev–Trinajstić information content (AvgIpc) is 2.91. The molecule has 19 heavy (non-hydrogen) atoms. The summed E-state index contributed by atoms with van der Waals surface area (Å²) < 4.78 is 2.08. The lowest BCUT2D eigenvalue weighted by atomic mass is 10.3. The van der Waals surface area contributed by atoms with Crippen LogP contribution in [0.4, 0.5) is 11.6 Å². The molecule has 0 amide bonds. The maximum absolute atomic E-state index is 5.73. The van der Waals surface area contributed by atoms with Crippen LogP contribution < -0.4 is 11.1 Å². The number of nitrogens with two attached hydrogens (primary N) is 1. The molecule has 2 aromatic heterocycles. The fraction of sp³-hybridized carbons (Fsp3) is 0.462. The van der Waals surface area contributed by atoms with Gasteiger partial charge in [-0.2, -0.15) is 0 Å². The van der Waals surface area contributed by atoms with Crippen LogP contribution in [0.1, 0.15) is 25.6 Å². The molecule has 0 fully saturated rings. The minimum atomic E-state index is 0.521. The molecular weight excluding hydrogens is 240 g/mol. The zero-order valence-corrected chi connectivity index (χ0v) is 11.2. The lowest BCUT2D eigenvalue weighted by Crippen LogP contribution is -2.08. The lowest BCUT2D eigenvalue weighted by Gasteiger charge is -2.08. The average molecular weight is 260 g/mol. The van der Waals surface area contributed by atoms with E-state index in [1.54, 1.807) is 12.3 Å².